The molecule has 1 aliphatic rings. The third-order valence-corrected chi connectivity index (χ3v) is 4.97. The molecule has 1 aromatic heterocycles. The van der Waals surface area contributed by atoms with Crippen molar-refractivity contribution in [1.82, 2.24) is 10.3 Å². The van der Waals surface area contributed by atoms with Gasteiger partial charge in [-0.15, -0.1) is 11.3 Å². The van der Waals surface area contributed by atoms with Crippen LogP contribution in [0.5, 0.6) is 0 Å². The van der Waals surface area contributed by atoms with Crippen LogP contribution in [0.4, 0.5) is 0 Å². The Hall–Kier alpha value is -1.19. The van der Waals surface area contributed by atoms with E-state index in [1.807, 2.05) is 0 Å². The van der Waals surface area contributed by atoms with Crippen LogP contribution in [0.25, 0.3) is 0 Å². The monoisotopic (exact) mass is 286 g/mol. The van der Waals surface area contributed by atoms with Gasteiger partial charge in [0.2, 0.25) is 0 Å². The number of thiazole rings is 1. The number of nitrogens with one attached hydrogen (secondary N) is 1. The highest BCUT2D eigenvalue weighted by molar-refractivity contribution is 7.09. The Labute approximate surface area is 125 Å². The Morgan fingerprint density at radius 2 is 2.25 bits per heavy atom. The third kappa shape index (κ3) is 2.94. The maximum absolute atomic E-state index is 4.61. The van der Waals surface area contributed by atoms with Crippen molar-refractivity contribution in [1.29, 1.82) is 0 Å². The lowest BCUT2D eigenvalue weighted by molar-refractivity contribution is 0.420. The molecule has 2 nitrogen and oxygen atoms in total. The van der Waals surface area contributed by atoms with Gasteiger partial charge in [-0.2, -0.15) is 0 Å². The second kappa shape index (κ2) is 6.06. The number of nitrogens with zero attached hydrogens (tertiary/aromatic N) is 1. The Bertz CT molecular complexity index is 576. The molecule has 0 bridgehead atoms. The summed E-state index contributed by atoms with van der Waals surface area (Å²) in [5.74, 6) is 0.731. The summed E-state index contributed by atoms with van der Waals surface area (Å²) in [4.78, 5) is 4.61. The minimum atomic E-state index is 0.542. The number of likely N-dealkylation sites (N-methyl/N-ethyl adjacent to an activating group) is 1. The molecule has 106 valence electrons. The molecule has 1 heterocycles. The summed E-state index contributed by atoms with van der Waals surface area (Å²) in [6.07, 6.45) is 3.52. The Morgan fingerprint density at radius 3 is 2.95 bits per heavy atom. The van der Waals surface area contributed by atoms with Crippen molar-refractivity contribution < 1.29 is 0 Å². The van der Waals surface area contributed by atoms with Crippen LogP contribution < -0.4 is 5.32 Å². The van der Waals surface area contributed by atoms with E-state index in [9.17, 15) is 0 Å². The quantitative estimate of drug-likeness (QED) is 0.876. The zero-order valence-electron chi connectivity index (χ0n) is 12.2. The van der Waals surface area contributed by atoms with E-state index >= 15 is 0 Å². The van der Waals surface area contributed by atoms with E-state index in [4.69, 9.17) is 0 Å². The number of hydrogen-bond acceptors (Lipinski definition) is 3. The zero-order valence-corrected chi connectivity index (χ0v) is 13.0. The SMILES string of the molecule is CCNC(Cc1csc(C)n1)CC1Cc2ccccc21. The highest BCUT2D eigenvalue weighted by Gasteiger charge is 2.28. The lowest BCUT2D eigenvalue weighted by atomic mass is 9.74. The normalized spacial score (nSPS) is 18.4. The minimum Gasteiger partial charge on any atom is -0.314 e. The number of benzene rings is 1. The summed E-state index contributed by atoms with van der Waals surface area (Å²) in [7, 11) is 0. The molecule has 1 aromatic carbocycles. The van der Waals surface area contributed by atoms with Gasteiger partial charge in [-0.1, -0.05) is 31.2 Å². The van der Waals surface area contributed by atoms with E-state index in [1.54, 1.807) is 16.9 Å². The van der Waals surface area contributed by atoms with E-state index in [0.717, 1.165) is 18.9 Å². The standard InChI is InChI=1S/C17H22N2S/c1-3-18-15(10-16-11-20-12(2)19-16)9-14-8-13-6-4-5-7-17(13)14/h4-7,11,14-15,18H,3,8-10H2,1-2H3. The molecule has 2 unspecified atom stereocenters. The predicted molar refractivity (Wildman–Crippen MR) is 85.5 cm³/mol. The van der Waals surface area contributed by atoms with E-state index in [1.165, 1.54) is 29.1 Å². The van der Waals surface area contributed by atoms with Crippen molar-refractivity contribution in [3.8, 4) is 0 Å². The summed E-state index contributed by atoms with van der Waals surface area (Å²) < 4.78 is 0. The summed E-state index contributed by atoms with van der Waals surface area (Å²) in [5.41, 5.74) is 4.34. The largest absolute Gasteiger partial charge is 0.314 e. The van der Waals surface area contributed by atoms with Gasteiger partial charge in [0.1, 0.15) is 0 Å². The first-order valence-electron chi connectivity index (χ1n) is 7.48. The lowest BCUT2D eigenvalue weighted by Gasteiger charge is -2.33. The highest BCUT2D eigenvalue weighted by Crippen LogP contribution is 2.38. The molecule has 1 N–H and O–H groups in total. The molecular formula is C17H22N2S. The van der Waals surface area contributed by atoms with E-state index < -0.39 is 0 Å². The minimum absolute atomic E-state index is 0.542. The smallest absolute Gasteiger partial charge is 0.0897 e. The maximum Gasteiger partial charge on any atom is 0.0897 e. The second-order valence-corrected chi connectivity index (χ2v) is 6.71. The van der Waals surface area contributed by atoms with Crippen molar-refractivity contribution >= 4 is 11.3 Å². The van der Waals surface area contributed by atoms with E-state index in [2.05, 4.69) is 53.8 Å². The zero-order chi connectivity index (χ0) is 13.9. The van der Waals surface area contributed by atoms with Crippen molar-refractivity contribution in [2.75, 3.05) is 6.54 Å². The fourth-order valence-corrected chi connectivity index (χ4v) is 3.82. The average Bonchev–Trinajstić information content (AvgIpc) is 2.81. The van der Waals surface area contributed by atoms with Crippen LogP contribution in [0.1, 0.15) is 41.1 Å². The van der Waals surface area contributed by atoms with Gasteiger partial charge in [-0.25, -0.2) is 4.98 Å². The van der Waals surface area contributed by atoms with Crippen molar-refractivity contribution in [2.45, 2.75) is 45.1 Å². The molecule has 3 heteroatoms. The Morgan fingerprint density at radius 1 is 1.40 bits per heavy atom. The molecule has 0 saturated heterocycles. The van der Waals surface area contributed by atoms with Gasteiger partial charge in [0.15, 0.2) is 0 Å². The van der Waals surface area contributed by atoms with Gasteiger partial charge in [-0.3, -0.25) is 0 Å². The van der Waals surface area contributed by atoms with Crippen LogP contribution in [0.3, 0.4) is 0 Å². The Kier molecular flexibility index (Phi) is 4.18. The molecule has 1 aliphatic carbocycles. The van der Waals surface area contributed by atoms with Gasteiger partial charge in [0, 0.05) is 17.8 Å². The van der Waals surface area contributed by atoms with E-state index in [-0.39, 0.29) is 0 Å². The van der Waals surface area contributed by atoms with Crippen molar-refractivity contribution in [3.63, 3.8) is 0 Å². The number of aromatic nitrogens is 1. The molecule has 0 fully saturated rings. The van der Waals surface area contributed by atoms with Crippen LogP contribution in [-0.2, 0) is 12.8 Å². The van der Waals surface area contributed by atoms with Gasteiger partial charge in [0.05, 0.1) is 10.7 Å². The van der Waals surface area contributed by atoms with Gasteiger partial charge < -0.3 is 5.32 Å². The van der Waals surface area contributed by atoms with Crippen LogP contribution in [0, 0.1) is 6.92 Å². The molecule has 3 rings (SSSR count). The van der Waals surface area contributed by atoms with Crippen LogP contribution in [0.2, 0.25) is 0 Å². The molecule has 0 aliphatic heterocycles. The fraction of sp³-hybridized carbons (Fsp3) is 0.471. The molecule has 0 radical (unpaired) electrons. The number of fused-ring (bicyclic) bond motifs is 1. The van der Waals surface area contributed by atoms with Crippen LogP contribution >= 0.6 is 11.3 Å². The Balaban J connectivity index is 1.64. The highest BCUT2D eigenvalue weighted by atomic mass is 32.1. The fourth-order valence-electron chi connectivity index (χ4n) is 3.20. The number of aryl methyl sites for hydroxylation is 1. The number of hydrogen-bond donors (Lipinski definition) is 1. The van der Waals surface area contributed by atoms with E-state index in [0.29, 0.717) is 6.04 Å². The third-order valence-electron chi connectivity index (χ3n) is 4.15. The summed E-state index contributed by atoms with van der Waals surface area (Å²) >= 11 is 1.75. The summed E-state index contributed by atoms with van der Waals surface area (Å²) in [6, 6.07) is 9.41. The molecule has 2 aromatic rings. The summed E-state index contributed by atoms with van der Waals surface area (Å²) in [5, 5.41) is 7.01. The predicted octanol–water partition coefficient (Wildman–Crippen LogP) is 3.70. The van der Waals surface area contributed by atoms with Crippen molar-refractivity contribution in [2.24, 2.45) is 0 Å². The molecule has 0 saturated carbocycles. The molecule has 20 heavy (non-hydrogen) atoms. The average molecular weight is 286 g/mol. The van der Waals surface area contributed by atoms with Gasteiger partial charge in [0.25, 0.3) is 0 Å². The van der Waals surface area contributed by atoms with Gasteiger partial charge >= 0.3 is 0 Å². The first-order valence-corrected chi connectivity index (χ1v) is 8.36. The first-order chi connectivity index (χ1) is 9.76. The molecule has 0 amide bonds. The van der Waals surface area contributed by atoms with Gasteiger partial charge in [-0.05, 0) is 43.4 Å². The summed E-state index contributed by atoms with van der Waals surface area (Å²) in [6.45, 7) is 5.30. The van der Waals surface area contributed by atoms with Crippen LogP contribution in [0.15, 0.2) is 29.6 Å². The first kappa shape index (κ1) is 13.8. The number of rotatable bonds is 6. The molecule has 0 spiro atoms. The maximum atomic E-state index is 4.61. The van der Waals surface area contributed by atoms with Crippen molar-refractivity contribution in [3.05, 3.63) is 51.5 Å². The molecule has 2 atom stereocenters. The van der Waals surface area contributed by atoms with Crippen LogP contribution in [-0.4, -0.2) is 17.6 Å². The topological polar surface area (TPSA) is 24.9 Å². The molecular weight excluding hydrogens is 264 g/mol. The second-order valence-electron chi connectivity index (χ2n) is 5.65. The lowest BCUT2D eigenvalue weighted by Crippen LogP contribution is -2.35.